The van der Waals surface area contributed by atoms with Crippen molar-refractivity contribution in [2.45, 2.75) is 13.3 Å². The van der Waals surface area contributed by atoms with E-state index in [1.807, 2.05) is 25.1 Å². The van der Waals surface area contributed by atoms with Gasteiger partial charge in [0.05, 0.1) is 5.56 Å². The fourth-order valence-corrected chi connectivity index (χ4v) is 3.21. The normalized spacial score (nSPS) is 14.5. The maximum absolute atomic E-state index is 12.9. The predicted molar refractivity (Wildman–Crippen MR) is 113 cm³/mol. The second-order valence-corrected chi connectivity index (χ2v) is 7.13. The minimum Gasteiger partial charge on any atom is -0.404 e. The molecule has 8 nitrogen and oxygen atoms in total. The van der Waals surface area contributed by atoms with Gasteiger partial charge in [-0.3, -0.25) is 4.79 Å². The first-order chi connectivity index (χ1) is 14.6. The molecule has 1 aromatic carbocycles. The van der Waals surface area contributed by atoms with Crippen LogP contribution >= 0.6 is 0 Å². The molecule has 0 bridgehead atoms. The van der Waals surface area contributed by atoms with E-state index in [4.69, 9.17) is 4.74 Å². The molecule has 4 rings (SSSR count). The molecule has 0 N–H and O–H groups in total. The van der Waals surface area contributed by atoms with Crippen molar-refractivity contribution in [1.82, 2.24) is 24.8 Å². The van der Waals surface area contributed by atoms with Crippen molar-refractivity contribution in [3.63, 3.8) is 0 Å². The van der Waals surface area contributed by atoms with Crippen molar-refractivity contribution in [3.05, 3.63) is 65.6 Å². The van der Waals surface area contributed by atoms with Gasteiger partial charge in [-0.1, -0.05) is 37.3 Å². The van der Waals surface area contributed by atoms with Crippen LogP contribution in [-0.2, 0) is 6.42 Å². The molecule has 30 heavy (non-hydrogen) atoms. The Labute approximate surface area is 175 Å². The SMILES string of the molecule is CCc1nc(Oc2ncccc2C(=O)c2ccccc2)nc(N2CCN(C)CC2)n1. The minimum absolute atomic E-state index is 0.150. The highest BCUT2D eigenvalue weighted by molar-refractivity contribution is 6.10. The van der Waals surface area contributed by atoms with Gasteiger partial charge in [0.2, 0.25) is 11.8 Å². The quantitative estimate of drug-likeness (QED) is 0.580. The Kier molecular flexibility index (Phi) is 5.94. The molecule has 3 aromatic rings. The van der Waals surface area contributed by atoms with Gasteiger partial charge in [-0.25, -0.2) is 4.98 Å². The lowest BCUT2D eigenvalue weighted by molar-refractivity contribution is 0.103. The number of aromatic nitrogens is 4. The van der Waals surface area contributed by atoms with Crippen LogP contribution in [0.5, 0.6) is 11.9 Å². The number of ether oxygens (including phenoxy) is 1. The molecule has 0 radical (unpaired) electrons. The average Bonchev–Trinajstić information content (AvgIpc) is 2.80. The van der Waals surface area contributed by atoms with E-state index < -0.39 is 0 Å². The van der Waals surface area contributed by atoms with Gasteiger partial charge in [0.1, 0.15) is 5.82 Å². The summed E-state index contributed by atoms with van der Waals surface area (Å²) in [6, 6.07) is 12.6. The van der Waals surface area contributed by atoms with Crippen LogP contribution in [0, 0.1) is 0 Å². The lowest BCUT2D eigenvalue weighted by Gasteiger charge is -2.32. The molecule has 0 amide bonds. The molecule has 0 spiro atoms. The van der Waals surface area contributed by atoms with Crippen LogP contribution in [0.3, 0.4) is 0 Å². The number of nitrogens with zero attached hydrogens (tertiary/aromatic N) is 6. The molecule has 0 unspecified atom stereocenters. The number of aryl methyl sites for hydroxylation is 1. The molecule has 0 saturated carbocycles. The van der Waals surface area contributed by atoms with Crippen LogP contribution in [0.1, 0.15) is 28.7 Å². The fourth-order valence-electron chi connectivity index (χ4n) is 3.21. The molecular formula is C22H24N6O2. The first kappa shape index (κ1) is 19.9. The number of piperazine rings is 1. The third-order valence-corrected chi connectivity index (χ3v) is 4.99. The molecule has 1 aliphatic rings. The summed E-state index contributed by atoms with van der Waals surface area (Å²) in [4.78, 5) is 35.1. The number of carbonyl (C=O) groups excluding carboxylic acids is 1. The number of anilines is 1. The minimum atomic E-state index is -0.164. The summed E-state index contributed by atoms with van der Waals surface area (Å²) >= 11 is 0. The van der Waals surface area contributed by atoms with Crippen LogP contribution in [0.2, 0.25) is 0 Å². The molecule has 8 heteroatoms. The molecule has 1 fully saturated rings. The smallest absolute Gasteiger partial charge is 0.328 e. The number of hydrogen-bond acceptors (Lipinski definition) is 8. The second-order valence-electron chi connectivity index (χ2n) is 7.13. The van der Waals surface area contributed by atoms with E-state index >= 15 is 0 Å². The van der Waals surface area contributed by atoms with Crippen molar-refractivity contribution in [2.24, 2.45) is 0 Å². The molecular weight excluding hydrogens is 380 g/mol. The Morgan fingerprint density at radius 2 is 1.77 bits per heavy atom. The van der Waals surface area contributed by atoms with Gasteiger partial charge < -0.3 is 14.5 Å². The first-order valence-electron chi connectivity index (χ1n) is 10.0. The highest BCUT2D eigenvalue weighted by atomic mass is 16.5. The maximum atomic E-state index is 12.9. The van der Waals surface area contributed by atoms with Crippen molar-refractivity contribution < 1.29 is 9.53 Å². The molecule has 1 aliphatic heterocycles. The Hall–Kier alpha value is -3.39. The van der Waals surface area contributed by atoms with Crippen LogP contribution in [-0.4, -0.2) is 63.8 Å². The number of ketones is 1. The Bertz CT molecular complexity index is 1020. The van der Waals surface area contributed by atoms with Crippen molar-refractivity contribution in [2.75, 3.05) is 38.1 Å². The molecule has 2 aromatic heterocycles. The van der Waals surface area contributed by atoms with Crippen LogP contribution in [0.15, 0.2) is 48.7 Å². The summed E-state index contributed by atoms with van der Waals surface area (Å²) < 4.78 is 5.92. The summed E-state index contributed by atoms with van der Waals surface area (Å²) in [5, 5.41) is 0. The van der Waals surface area contributed by atoms with E-state index in [2.05, 4.69) is 36.8 Å². The van der Waals surface area contributed by atoms with E-state index in [0.717, 1.165) is 26.2 Å². The van der Waals surface area contributed by atoms with Crippen LogP contribution in [0.4, 0.5) is 5.95 Å². The lowest BCUT2D eigenvalue weighted by atomic mass is 10.0. The number of hydrogen-bond donors (Lipinski definition) is 0. The molecule has 154 valence electrons. The number of benzene rings is 1. The summed E-state index contributed by atoms with van der Waals surface area (Å²) in [5.74, 6) is 1.25. The Morgan fingerprint density at radius 3 is 2.50 bits per heavy atom. The Balaban J connectivity index is 1.63. The van der Waals surface area contributed by atoms with Gasteiger partial charge in [-0.05, 0) is 19.2 Å². The second kappa shape index (κ2) is 8.96. The fraction of sp³-hybridized carbons (Fsp3) is 0.318. The maximum Gasteiger partial charge on any atom is 0.328 e. The zero-order chi connectivity index (χ0) is 20.9. The molecule has 0 aliphatic carbocycles. The zero-order valence-electron chi connectivity index (χ0n) is 17.2. The van der Waals surface area contributed by atoms with Gasteiger partial charge in [-0.15, -0.1) is 0 Å². The van der Waals surface area contributed by atoms with Crippen LogP contribution < -0.4 is 9.64 Å². The Morgan fingerprint density at radius 1 is 1.00 bits per heavy atom. The number of carbonyl (C=O) groups is 1. The summed E-state index contributed by atoms with van der Waals surface area (Å²) in [6.07, 6.45) is 2.23. The number of pyridine rings is 1. The zero-order valence-corrected chi connectivity index (χ0v) is 17.2. The monoisotopic (exact) mass is 404 g/mol. The van der Waals surface area contributed by atoms with Crippen molar-refractivity contribution in [1.29, 1.82) is 0 Å². The van der Waals surface area contributed by atoms with Gasteiger partial charge >= 0.3 is 6.01 Å². The van der Waals surface area contributed by atoms with E-state index in [0.29, 0.717) is 29.3 Å². The topological polar surface area (TPSA) is 84.3 Å². The summed E-state index contributed by atoms with van der Waals surface area (Å²) in [6.45, 7) is 5.55. The predicted octanol–water partition coefficient (Wildman–Crippen LogP) is 2.60. The highest BCUT2D eigenvalue weighted by Gasteiger charge is 2.21. The van der Waals surface area contributed by atoms with E-state index in [1.165, 1.54) is 0 Å². The third kappa shape index (κ3) is 4.44. The van der Waals surface area contributed by atoms with E-state index in [-0.39, 0.29) is 17.7 Å². The molecule has 0 atom stereocenters. The van der Waals surface area contributed by atoms with Crippen LogP contribution in [0.25, 0.3) is 0 Å². The first-order valence-corrected chi connectivity index (χ1v) is 10.0. The molecule has 1 saturated heterocycles. The highest BCUT2D eigenvalue weighted by Crippen LogP contribution is 2.24. The standard InChI is InChI=1S/C22H24N6O2/c1-3-18-24-21(28-14-12-27(2)13-15-28)26-22(25-18)30-20-17(10-7-11-23-20)19(29)16-8-5-4-6-9-16/h4-11H,3,12-15H2,1-2H3. The lowest BCUT2D eigenvalue weighted by Crippen LogP contribution is -2.45. The largest absolute Gasteiger partial charge is 0.404 e. The van der Waals surface area contributed by atoms with Gasteiger partial charge in [0, 0.05) is 44.4 Å². The summed E-state index contributed by atoms with van der Waals surface area (Å²) in [7, 11) is 2.10. The third-order valence-electron chi connectivity index (χ3n) is 4.99. The molecule has 3 heterocycles. The average molecular weight is 404 g/mol. The van der Waals surface area contributed by atoms with Gasteiger partial charge in [0.15, 0.2) is 5.78 Å². The van der Waals surface area contributed by atoms with Gasteiger partial charge in [0.25, 0.3) is 0 Å². The van der Waals surface area contributed by atoms with Gasteiger partial charge in [-0.2, -0.15) is 15.0 Å². The number of likely N-dealkylation sites (N-methyl/N-ethyl adjacent to an activating group) is 1. The van der Waals surface area contributed by atoms with Crippen molar-refractivity contribution >= 4 is 11.7 Å². The number of rotatable bonds is 6. The van der Waals surface area contributed by atoms with E-state index in [9.17, 15) is 4.79 Å². The summed E-state index contributed by atoms with van der Waals surface area (Å²) in [5.41, 5.74) is 0.932. The van der Waals surface area contributed by atoms with E-state index in [1.54, 1.807) is 30.5 Å². The van der Waals surface area contributed by atoms with Crippen molar-refractivity contribution in [3.8, 4) is 11.9 Å².